The summed E-state index contributed by atoms with van der Waals surface area (Å²) in [6, 6.07) is 22.0. The van der Waals surface area contributed by atoms with E-state index in [2.05, 4.69) is 78.8 Å². The minimum absolute atomic E-state index is 0.0508. The number of benzene rings is 5. The molecule has 352 valence electrons. The zero-order valence-corrected chi connectivity index (χ0v) is 42.3. The smallest absolute Gasteiger partial charge is 0.497 e. The van der Waals surface area contributed by atoms with E-state index in [1.54, 1.807) is 33.5 Å². The van der Waals surface area contributed by atoms with E-state index in [4.69, 9.17) is 40.7 Å². The summed E-state index contributed by atoms with van der Waals surface area (Å²) in [4.78, 5) is 13.5. The lowest BCUT2D eigenvalue weighted by atomic mass is 9.89. The fraction of sp³-hybridized carbons (Fsp3) is 0.426. The molecule has 2 heterocycles. The molecule has 7 rings (SSSR count). The van der Waals surface area contributed by atoms with E-state index in [0.717, 1.165) is 131 Å². The van der Waals surface area contributed by atoms with Gasteiger partial charge in [-0.2, -0.15) is 0 Å². The molecule has 1 aromatic heterocycles. The Kier molecular flexibility index (Phi) is 16.2. The maximum absolute atomic E-state index is 13.5. The molecule has 0 spiro atoms. The van der Waals surface area contributed by atoms with Crippen LogP contribution in [0.3, 0.4) is 0 Å². The molecule has 66 heavy (non-hydrogen) atoms. The largest absolute Gasteiger partial charge is 0.532 e. The molecular formula is C54H66O10P2. The van der Waals surface area contributed by atoms with Crippen molar-refractivity contribution in [1.82, 2.24) is 0 Å². The quantitative estimate of drug-likeness (QED) is 0.0687. The number of hydrogen-bond acceptors (Lipinski definition) is 10. The number of fused-ring (bicyclic) bond motifs is 4. The number of methoxy groups -OCH3 is 3. The Bertz CT molecular complexity index is 2720. The van der Waals surface area contributed by atoms with Gasteiger partial charge in [0.1, 0.15) is 51.2 Å². The molecule has 4 unspecified atom stereocenters. The number of carbonyl (C=O) groups is 1. The van der Waals surface area contributed by atoms with Gasteiger partial charge in [-0.1, -0.05) is 84.9 Å². The van der Waals surface area contributed by atoms with Crippen molar-refractivity contribution in [3.8, 4) is 45.6 Å². The summed E-state index contributed by atoms with van der Waals surface area (Å²) in [6.45, 7) is 17.2. The molecule has 5 aromatic carbocycles. The van der Waals surface area contributed by atoms with Crippen molar-refractivity contribution in [1.29, 1.82) is 0 Å². The topological polar surface area (TPSA) is 108 Å². The molecule has 0 radical (unpaired) electrons. The van der Waals surface area contributed by atoms with Gasteiger partial charge >= 0.3 is 22.8 Å². The molecule has 0 amide bonds. The van der Waals surface area contributed by atoms with Crippen LogP contribution in [0, 0.1) is 13.8 Å². The van der Waals surface area contributed by atoms with E-state index in [-0.39, 0.29) is 11.8 Å². The Labute approximate surface area is 392 Å². The first-order valence-electron chi connectivity index (χ1n) is 23.6. The van der Waals surface area contributed by atoms with Gasteiger partial charge < -0.3 is 40.7 Å². The molecule has 6 aromatic rings. The average molecular weight is 937 g/mol. The first-order chi connectivity index (χ1) is 31.9. The van der Waals surface area contributed by atoms with E-state index in [1.807, 2.05) is 31.2 Å². The third kappa shape index (κ3) is 10.6. The highest BCUT2D eigenvalue weighted by molar-refractivity contribution is 7.43. The molecule has 0 N–H and O–H groups in total. The van der Waals surface area contributed by atoms with Crippen molar-refractivity contribution in [3.63, 3.8) is 0 Å². The fourth-order valence-electron chi connectivity index (χ4n) is 8.83. The Morgan fingerprint density at radius 2 is 1.14 bits per heavy atom. The van der Waals surface area contributed by atoms with Gasteiger partial charge in [0.25, 0.3) is 0 Å². The molecule has 12 heteroatoms. The van der Waals surface area contributed by atoms with Crippen LogP contribution in [0.4, 0.5) is 0 Å². The lowest BCUT2D eigenvalue weighted by molar-refractivity contribution is 0.0697. The number of unbranched alkanes of at least 4 members (excludes halogenated alkanes) is 2. The molecular weight excluding hydrogens is 871 g/mol. The van der Waals surface area contributed by atoms with Gasteiger partial charge in [-0.15, -0.1) is 0 Å². The van der Waals surface area contributed by atoms with Gasteiger partial charge in [-0.25, -0.2) is 4.79 Å². The molecule has 0 saturated carbocycles. The zero-order chi connectivity index (χ0) is 47.1. The van der Waals surface area contributed by atoms with Crippen LogP contribution in [-0.4, -0.2) is 27.3 Å². The van der Waals surface area contributed by atoms with Crippen LogP contribution in [0.5, 0.6) is 34.5 Å². The second-order valence-corrected chi connectivity index (χ2v) is 19.5. The summed E-state index contributed by atoms with van der Waals surface area (Å²) >= 11 is 0. The maximum atomic E-state index is 13.5. The van der Waals surface area contributed by atoms with Crippen LogP contribution >= 0.6 is 16.8 Å². The van der Waals surface area contributed by atoms with Crippen molar-refractivity contribution in [3.05, 3.63) is 106 Å². The van der Waals surface area contributed by atoms with Gasteiger partial charge in [0.15, 0.2) is 0 Å². The average Bonchev–Trinajstić information content (AvgIpc) is 3.46. The Morgan fingerprint density at radius 1 is 0.561 bits per heavy atom. The zero-order valence-electron chi connectivity index (χ0n) is 40.6. The highest BCUT2D eigenvalue weighted by Gasteiger charge is 2.35. The van der Waals surface area contributed by atoms with Crippen molar-refractivity contribution in [2.45, 2.75) is 131 Å². The molecule has 0 aliphatic carbocycles. The molecule has 0 bridgehead atoms. The first kappa shape index (κ1) is 48.6. The summed E-state index contributed by atoms with van der Waals surface area (Å²) in [5.74, 6) is 3.42. The van der Waals surface area contributed by atoms with E-state index in [9.17, 15) is 4.79 Å². The minimum atomic E-state index is -2.17. The second-order valence-electron chi connectivity index (χ2n) is 17.5. The van der Waals surface area contributed by atoms with E-state index >= 15 is 0 Å². The van der Waals surface area contributed by atoms with Crippen LogP contribution in [0.25, 0.3) is 33.1 Å². The van der Waals surface area contributed by atoms with E-state index in [1.165, 1.54) is 0 Å². The summed E-state index contributed by atoms with van der Waals surface area (Å²) in [5.41, 5.74) is 9.15. The molecule has 4 atom stereocenters. The predicted molar refractivity (Wildman–Crippen MR) is 267 cm³/mol. The highest BCUT2D eigenvalue weighted by Crippen LogP contribution is 2.55. The highest BCUT2D eigenvalue weighted by atomic mass is 31.2. The summed E-state index contributed by atoms with van der Waals surface area (Å²) in [6.07, 6.45) is 9.13. The predicted octanol–water partition coefficient (Wildman–Crippen LogP) is 16.8. The van der Waals surface area contributed by atoms with Gasteiger partial charge in [-0.3, -0.25) is 0 Å². The van der Waals surface area contributed by atoms with Gasteiger partial charge in [0, 0.05) is 33.0 Å². The van der Waals surface area contributed by atoms with Gasteiger partial charge in [0.05, 0.1) is 21.3 Å². The van der Waals surface area contributed by atoms with Crippen LogP contribution in [0.2, 0.25) is 0 Å². The number of carbonyl (C=O) groups excluding carboxylic acids is 1. The van der Waals surface area contributed by atoms with Crippen LogP contribution < -0.4 is 27.8 Å². The van der Waals surface area contributed by atoms with E-state index < -0.39 is 22.8 Å². The Balaban J connectivity index is 1.54. The molecule has 1 aliphatic rings. The fourth-order valence-corrected chi connectivity index (χ4v) is 11.0. The van der Waals surface area contributed by atoms with Gasteiger partial charge in [0.2, 0.25) is 0 Å². The third-order valence-corrected chi connectivity index (χ3v) is 14.4. The normalized spacial score (nSPS) is 14.6. The maximum Gasteiger partial charge on any atom is 0.532 e. The van der Waals surface area contributed by atoms with Crippen molar-refractivity contribution >= 4 is 44.8 Å². The third-order valence-electron chi connectivity index (χ3n) is 12.4. The molecule has 10 nitrogen and oxygen atoms in total. The standard InChI is InChI=1S/C54H66O10P2/c1-12-16-20-37-24-34(6)26-44(50(37)60-65-59-49-23-22-33(5)25-48(49)54(55)64-65)46-31-40(57-10)28-42(35(7)18-14-3)52(46)62-66-61-51-38(21-17-13-2)27-39(56-9)30-45(51)47-32-41(58-11)29-43(53(47)63-66)36(8)19-15-4/h22-32,35-36H,12-21H2,1-11H3. The Hall–Kier alpha value is -5.30. The lowest BCUT2D eigenvalue weighted by Crippen LogP contribution is -2.15. The van der Waals surface area contributed by atoms with E-state index in [0.29, 0.717) is 39.7 Å². The number of aryl methyl sites for hydroxylation is 4. The SMILES string of the molecule is CCCCc1cc(C)cc(-c2cc(OC)cc(C(C)CCC)c2Op2oc3c(CCCC)cc(OC)cc3c3cc(OC)cc(C(C)CCC)c3o2)c1OP1OC(=O)c2cc(C)ccc2O1. The number of rotatable bonds is 20. The number of ether oxygens (including phenoxy) is 3. The molecule has 1 aliphatic heterocycles. The first-order valence-corrected chi connectivity index (χ1v) is 25.7. The number of hydrogen-bond donors (Lipinski definition) is 0. The summed E-state index contributed by atoms with van der Waals surface area (Å²) in [7, 11) is 0.735. The van der Waals surface area contributed by atoms with Crippen molar-refractivity contribution in [2.24, 2.45) is 0 Å². The van der Waals surface area contributed by atoms with Crippen LogP contribution in [0.1, 0.15) is 148 Å². The van der Waals surface area contributed by atoms with Crippen LogP contribution in [0.15, 0.2) is 75.1 Å². The monoisotopic (exact) mass is 936 g/mol. The second kappa shape index (κ2) is 22.0. The van der Waals surface area contributed by atoms with Crippen molar-refractivity contribution < 1.29 is 45.5 Å². The van der Waals surface area contributed by atoms with Crippen LogP contribution in [-0.2, 0) is 17.4 Å². The minimum Gasteiger partial charge on any atom is -0.497 e. The molecule has 0 saturated heterocycles. The summed E-state index contributed by atoms with van der Waals surface area (Å²) in [5, 5.41) is 1.72. The summed E-state index contributed by atoms with van der Waals surface area (Å²) < 4.78 is 58.8. The molecule has 0 fully saturated rings. The van der Waals surface area contributed by atoms with Crippen molar-refractivity contribution in [2.75, 3.05) is 21.3 Å². The van der Waals surface area contributed by atoms with Gasteiger partial charge in [-0.05, 0) is 135 Å². The Morgan fingerprint density at radius 3 is 1.80 bits per heavy atom. The lowest BCUT2D eigenvalue weighted by Gasteiger charge is -2.26.